The van der Waals surface area contributed by atoms with E-state index in [1.807, 2.05) is 20.8 Å². The predicted octanol–water partition coefficient (Wildman–Crippen LogP) is 0.502. The van der Waals surface area contributed by atoms with Crippen LogP contribution < -0.4 is 5.73 Å². The van der Waals surface area contributed by atoms with E-state index in [1.54, 1.807) is 4.90 Å². The molecule has 0 aromatic heterocycles. The molecule has 3 fully saturated rings. The maximum absolute atomic E-state index is 12.7. The van der Waals surface area contributed by atoms with Crippen LogP contribution in [0.3, 0.4) is 0 Å². The van der Waals surface area contributed by atoms with Crippen molar-refractivity contribution < 1.29 is 14.6 Å². The van der Waals surface area contributed by atoms with Crippen LogP contribution in [0.1, 0.15) is 40.0 Å². The Bertz CT molecular complexity index is 427. The van der Waals surface area contributed by atoms with Gasteiger partial charge in [0, 0.05) is 18.4 Å². The summed E-state index contributed by atoms with van der Waals surface area (Å²) in [6, 6.07) is 0. The molecular formula is C15H26N2O3. The molecule has 5 heteroatoms. The Balaban J connectivity index is 1.64. The molecule has 3 aliphatic rings. The SMILES string of the molecule is CCOC1CC(N)(C(=O)N2CC(O)(C3CC3)C2)C1(C)C. The number of nitrogens with zero attached hydrogens (tertiary/aromatic N) is 1. The van der Waals surface area contributed by atoms with E-state index >= 15 is 0 Å². The smallest absolute Gasteiger partial charge is 0.243 e. The summed E-state index contributed by atoms with van der Waals surface area (Å²) < 4.78 is 5.66. The van der Waals surface area contributed by atoms with Gasteiger partial charge in [-0.25, -0.2) is 0 Å². The summed E-state index contributed by atoms with van der Waals surface area (Å²) in [6.45, 7) is 7.50. The van der Waals surface area contributed by atoms with Crippen molar-refractivity contribution in [1.82, 2.24) is 4.90 Å². The fraction of sp³-hybridized carbons (Fsp3) is 0.933. The summed E-state index contributed by atoms with van der Waals surface area (Å²) in [5, 5.41) is 10.3. The molecule has 0 bridgehead atoms. The molecule has 3 rings (SSSR count). The van der Waals surface area contributed by atoms with Crippen LogP contribution in [0.2, 0.25) is 0 Å². The fourth-order valence-corrected chi connectivity index (χ4v) is 3.72. The van der Waals surface area contributed by atoms with Crippen molar-refractivity contribution in [2.75, 3.05) is 19.7 Å². The van der Waals surface area contributed by atoms with Gasteiger partial charge in [0.05, 0.1) is 19.2 Å². The predicted molar refractivity (Wildman–Crippen MR) is 75.0 cm³/mol. The third-order valence-corrected chi connectivity index (χ3v) is 5.77. The summed E-state index contributed by atoms with van der Waals surface area (Å²) in [5.41, 5.74) is 4.54. The van der Waals surface area contributed by atoms with Gasteiger partial charge in [0.25, 0.3) is 0 Å². The van der Waals surface area contributed by atoms with Gasteiger partial charge in [0.2, 0.25) is 5.91 Å². The molecule has 2 atom stereocenters. The van der Waals surface area contributed by atoms with Gasteiger partial charge >= 0.3 is 0 Å². The summed E-state index contributed by atoms with van der Waals surface area (Å²) in [4.78, 5) is 14.4. The zero-order valence-corrected chi connectivity index (χ0v) is 12.7. The molecule has 1 heterocycles. The van der Waals surface area contributed by atoms with Gasteiger partial charge in [-0.3, -0.25) is 4.79 Å². The number of aliphatic hydroxyl groups is 1. The highest BCUT2D eigenvalue weighted by atomic mass is 16.5. The molecule has 3 N–H and O–H groups in total. The van der Waals surface area contributed by atoms with Gasteiger partial charge < -0.3 is 20.5 Å². The lowest BCUT2D eigenvalue weighted by Gasteiger charge is -2.61. The second kappa shape index (κ2) is 4.18. The molecule has 2 saturated carbocycles. The molecule has 1 aliphatic heterocycles. The molecule has 1 amide bonds. The molecule has 20 heavy (non-hydrogen) atoms. The van der Waals surface area contributed by atoms with Gasteiger partial charge in [0.1, 0.15) is 11.1 Å². The van der Waals surface area contributed by atoms with Crippen LogP contribution in [0.5, 0.6) is 0 Å². The molecule has 2 unspecified atom stereocenters. The number of amides is 1. The van der Waals surface area contributed by atoms with Crippen molar-refractivity contribution in [2.45, 2.75) is 57.3 Å². The molecule has 114 valence electrons. The van der Waals surface area contributed by atoms with Gasteiger partial charge in [0.15, 0.2) is 0 Å². The Hall–Kier alpha value is -0.650. The van der Waals surface area contributed by atoms with E-state index in [2.05, 4.69) is 0 Å². The van der Waals surface area contributed by atoms with Crippen LogP contribution in [-0.4, -0.2) is 52.9 Å². The third-order valence-electron chi connectivity index (χ3n) is 5.77. The maximum atomic E-state index is 12.7. The van der Waals surface area contributed by atoms with E-state index < -0.39 is 11.1 Å². The Morgan fingerprint density at radius 1 is 1.40 bits per heavy atom. The van der Waals surface area contributed by atoms with Gasteiger partial charge in [-0.05, 0) is 25.7 Å². The summed E-state index contributed by atoms with van der Waals surface area (Å²) >= 11 is 0. The zero-order chi connectivity index (χ0) is 14.8. The minimum absolute atomic E-state index is 0.0243. The number of carbonyl (C=O) groups excluding carboxylic acids is 1. The minimum Gasteiger partial charge on any atom is -0.386 e. The van der Waals surface area contributed by atoms with Gasteiger partial charge in [-0.2, -0.15) is 0 Å². The highest BCUT2D eigenvalue weighted by molar-refractivity contribution is 5.89. The van der Waals surface area contributed by atoms with Crippen molar-refractivity contribution in [1.29, 1.82) is 0 Å². The van der Waals surface area contributed by atoms with Gasteiger partial charge in [-0.1, -0.05) is 13.8 Å². The maximum Gasteiger partial charge on any atom is 0.243 e. The lowest BCUT2D eigenvalue weighted by molar-refractivity contribution is -0.196. The van der Waals surface area contributed by atoms with E-state index in [4.69, 9.17) is 10.5 Å². The van der Waals surface area contributed by atoms with E-state index in [1.165, 1.54) is 0 Å². The van der Waals surface area contributed by atoms with E-state index in [0.717, 1.165) is 12.8 Å². The van der Waals surface area contributed by atoms with E-state index in [9.17, 15) is 9.90 Å². The van der Waals surface area contributed by atoms with Crippen LogP contribution in [0.15, 0.2) is 0 Å². The Labute approximate surface area is 120 Å². The minimum atomic E-state index is -0.849. The van der Waals surface area contributed by atoms with Crippen molar-refractivity contribution in [3.05, 3.63) is 0 Å². The van der Waals surface area contributed by atoms with Crippen molar-refractivity contribution >= 4 is 5.91 Å². The lowest BCUT2D eigenvalue weighted by atomic mass is 9.54. The first-order valence-corrected chi connectivity index (χ1v) is 7.67. The molecular weight excluding hydrogens is 256 g/mol. The first-order chi connectivity index (χ1) is 9.24. The summed E-state index contributed by atoms with van der Waals surface area (Å²) in [5.74, 6) is 0.370. The Kier molecular flexibility index (Phi) is 2.99. The van der Waals surface area contributed by atoms with Crippen LogP contribution >= 0.6 is 0 Å². The first-order valence-electron chi connectivity index (χ1n) is 7.67. The van der Waals surface area contributed by atoms with E-state index in [-0.39, 0.29) is 17.4 Å². The standard InChI is InChI=1S/C15H26N2O3/c1-4-20-11-7-15(16,13(11,2)3)12(18)17-8-14(19,9-17)10-5-6-10/h10-11,19H,4-9,16H2,1-3H3. The van der Waals surface area contributed by atoms with Crippen LogP contribution in [0.4, 0.5) is 0 Å². The van der Waals surface area contributed by atoms with Crippen LogP contribution in [0, 0.1) is 11.3 Å². The fourth-order valence-electron chi connectivity index (χ4n) is 3.72. The van der Waals surface area contributed by atoms with Crippen LogP contribution in [0.25, 0.3) is 0 Å². The second-order valence-electron chi connectivity index (χ2n) is 7.38. The van der Waals surface area contributed by atoms with Crippen molar-refractivity contribution in [3.8, 4) is 0 Å². The molecule has 0 aromatic carbocycles. The molecule has 1 saturated heterocycles. The quantitative estimate of drug-likeness (QED) is 0.787. The molecule has 0 spiro atoms. The lowest BCUT2D eigenvalue weighted by Crippen LogP contribution is -2.79. The number of ether oxygens (including phenoxy) is 1. The highest BCUT2D eigenvalue weighted by Gasteiger charge is 2.66. The average molecular weight is 282 g/mol. The normalized spacial score (nSPS) is 38.0. The topological polar surface area (TPSA) is 75.8 Å². The molecule has 0 radical (unpaired) electrons. The monoisotopic (exact) mass is 282 g/mol. The van der Waals surface area contributed by atoms with E-state index in [0.29, 0.717) is 32.0 Å². The molecule has 0 aromatic rings. The highest BCUT2D eigenvalue weighted by Crippen LogP contribution is 2.52. The Morgan fingerprint density at radius 2 is 2.00 bits per heavy atom. The molecule has 2 aliphatic carbocycles. The largest absolute Gasteiger partial charge is 0.386 e. The van der Waals surface area contributed by atoms with Crippen LogP contribution in [-0.2, 0) is 9.53 Å². The third kappa shape index (κ3) is 1.76. The Morgan fingerprint density at radius 3 is 2.45 bits per heavy atom. The number of β-amino-alcohol motifs (C(OH)–C–C–N with tert-alkyl or cyclic N) is 1. The number of likely N-dealkylation sites (tertiary alicyclic amines) is 1. The number of carbonyl (C=O) groups is 1. The average Bonchev–Trinajstić information content (AvgIpc) is 3.18. The number of rotatable bonds is 4. The first kappa shape index (κ1) is 14.3. The zero-order valence-electron chi connectivity index (χ0n) is 12.7. The van der Waals surface area contributed by atoms with Gasteiger partial charge in [-0.15, -0.1) is 0 Å². The van der Waals surface area contributed by atoms with Crippen molar-refractivity contribution in [3.63, 3.8) is 0 Å². The number of hydrogen-bond acceptors (Lipinski definition) is 4. The summed E-state index contributed by atoms with van der Waals surface area (Å²) in [7, 11) is 0. The summed E-state index contributed by atoms with van der Waals surface area (Å²) in [6.07, 6.45) is 2.80. The second-order valence-corrected chi connectivity index (χ2v) is 7.38. The molecule has 5 nitrogen and oxygen atoms in total. The number of nitrogens with two attached hydrogens (primary N) is 1. The number of hydrogen-bond donors (Lipinski definition) is 2. The van der Waals surface area contributed by atoms with Crippen molar-refractivity contribution in [2.24, 2.45) is 17.1 Å².